The van der Waals surface area contributed by atoms with Gasteiger partial charge < -0.3 is 4.42 Å². The van der Waals surface area contributed by atoms with E-state index in [0.717, 1.165) is 16.5 Å². The molecule has 0 atom stereocenters. The third-order valence-electron chi connectivity index (χ3n) is 2.72. The fourth-order valence-corrected chi connectivity index (χ4v) is 1.93. The molecule has 0 aliphatic heterocycles. The zero-order valence-corrected chi connectivity index (χ0v) is 9.52. The van der Waals surface area contributed by atoms with Crippen LogP contribution in [-0.4, -0.2) is 9.97 Å². The molecule has 0 N–H and O–H groups in total. The average Bonchev–Trinajstić information content (AvgIpc) is 2.28. The van der Waals surface area contributed by atoms with Crippen molar-refractivity contribution in [2.45, 2.75) is 13.8 Å². The smallest absolute Gasteiger partial charge is 0.348 e. The van der Waals surface area contributed by atoms with E-state index in [1.807, 2.05) is 25.1 Å². The molecule has 4 nitrogen and oxygen atoms in total. The van der Waals surface area contributed by atoms with Crippen LogP contribution in [0.2, 0.25) is 0 Å². The first-order chi connectivity index (χ1) is 8.15. The van der Waals surface area contributed by atoms with Gasteiger partial charge in [0.2, 0.25) is 0 Å². The number of fused-ring (bicyclic) bond motifs is 3. The molecule has 0 fully saturated rings. The van der Waals surface area contributed by atoms with Gasteiger partial charge in [-0.15, -0.1) is 0 Å². The Morgan fingerprint density at radius 1 is 1.18 bits per heavy atom. The van der Waals surface area contributed by atoms with Gasteiger partial charge in [0.1, 0.15) is 5.39 Å². The quantitative estimate of drug-likeness (QED) is 0.552. The molecular formula is C13H10N2O2. The highest BCUT2D eigenvalue weighted by Gasteiger charge is 2.08. The Morgan fingerprint density at radius 3 is 2.82 bits per heavy atom. The average molecular weight is 226 g/mol. The Hall–Kier alpha value is -2.23. The van der Waals surface area contributed by atoms with Gasteiger partial charge in [0.25, 0.3) is 0 Å². The number of pyridine rings is 1. The number of nitrogens with zero attached hydrogens (tertiary/aromatic N) is 2. The first-order valence-corrected chi connectivity index (χ1v) is 5.32. The first-order valence-electron chi connectivity index (χ1n) is 5.32. The zero-order chi connectivity index (χ0) is 12.0. The Labute approximate surface area is 96.9 Å². The highest BCUT2D eigenvalue weighted by atomic mass is 16.4. The molecule has 0 saturated carbocycles. The van der Waals surface area contributed by atoms with Crippen molar-refractivity contribution in [3.63, 3.8) is 0 Å². The molecule has 0 saturated heterocycles. The van der Waals surface area contributed by atoms with Crippen LogP contribution in [0.1, 0.15) is 11.5 Å². The minimum Gasteiger partial charge on any atom is -0.408 e. The molecule has 2 aromatic heterocycles. The molecule has 17 heavy (non-hydrogen) atoms. The zero-order valence-electron chi connectivity index (χ0n) is 9.52. The number of hydrogen-bond acceptors (Lipinski definition) is 4. The summed E-state index contributed by atoms with van der Waals surface area (Å²) < 4.78 is 4.96. The monoisotopic (exact) mass is 226 g/mol. The van der Waals surface area contributed by atoms with E-state index in [1.165, 1.54) is 6.20 Å². The molecule has 3 aromatic rings. The second-order valence-electron chi connectivity index (χ2n) is 4.06. The maximum absolute atomic E-state index is 11.7. The lowest BCUT2D eigenvalue weighted by atomic mass is 10.1. The normalized spacial score (nSPS) is 11.2. The van der Waals surface area contributed by atoms with Gasteiger partial charge in [-0.3, -0.25) is 4.98 Å². The summed E-state index contributed by atoms with van der Waals surface area (Å²) in [4.78, 5) is 20.2. The van der Waals surface area contributed by atoms with Crippen molar-refractivity contribution in [3.05, 3.63) is 46.3 Å². The fourth-order valence-electron chi connectivity index (χ4n) is 1.93. The molecule has 1 aromatic carbocycles. The topological polar surface area (TPSA) is 56.0 Å². The summed E-state index contributed by atoms with van der Waals surface area (Å²) in [7, 11) is 0. The van der Waals surface area contributed by atoms with Crippen LogP contribution in [0.15, 0.2) is 33.6 Å². The second-order valence-corrected chi connectivity index (χ2v) is 4.06. The second kappa shape index (κ2) is 3.38. The van der Waals surface area contributed by atoms with Crippen molar-refractivity contribution < 1.29 is 4.42 Å². The molecule has 0 aliphatic carbocycles. The van der Waals surface area contributed by atoms with E-state index in [9.17, 15) is 4.79 Å². The summed E-state index contributed by atoms with van der Waals surface area (Å²) in [5.74, 6) is 0.372. The predicted molar refractivity (Wildman–Crippen MR) is 65.1 cm³/mol. The van der Waals surface area contributed by atoms with Crippen LogP contribution in [0.5, 0.6) is 0 Å². The summed E-state index contributed by atoms with van der Waals surface area (Å²) in [5, 5.41) is 1.31. The van der Waals surface area contributed by atoms with Crippen LogP contribution in [0.4, 0.5) is 0 Å². The largest absolute Gasteiger partial charge is 0.408 e. The van der Waals surface area contributed by atoms with Gasteiger partial charge in [0.05, 0.1) is 11.0 Å². The van der Waals surface area contributed by atoms with Crippen LogP contribution in [0, 0.1) is 13.8 Å². The Balaban J connectivity index is 2.62. The molecule has 3 rings (SSSR count). The third kappa shape index (κ3) is 1.49. The van der Waals surface area contributed by atoms with E-state index in [0.29, 0.717) is 16.8 Å². The Kier molecular flexibility index (Phi) is 1.98. The third-order valence-corrected chi connectivity index (χ3v) is 2.72. The summed E-state index contributed by atoms with van der Waals surface area (Å²) in [6, 6.07) is 5.89. The van der Waals surface area contributed by atoms with Crippen molar-refractivity contribution in [1.29, 1.82) is 0 Å². The van der Waals surface area contributed by atoms with Crippen molar-refractivity contribution >= 4 is 21.8 Å². The highest BCUT2D eigenvalue weighted by Crippen LogP contribution is 2.21. The van der Waals surface area contributed by atoms with Gasteiger partial charge in [0, 0.05) is 18.5 Å². The van der Waals surface area contributed by atoms with E-state index in [1.54, 1.807) is 6.92 Å². The summed E-state index contributed by atoms with van der Waals surface area (Å²) in [5.41, 5.74) is 2.22. The van der Waals surface area contributed by atoms with Crippen LogP contribution in [-0.2, 0) is 0 Å². The standard InChI is InChI=1S/C13H10N2O2/c1-7-3-4-11-9(5-7)12-10(6-14-11)13(16)17-8(2)15-12/h3-6H,1-2H3. The lowest BCUT2D eigenvalue weighted by molar-refractivity contribution is 0.467. The van der Waals surface area contributed by atoms with Gasteiger partial charge >= 0.3 is 5.63 Å². The van der Waals surface area contributed by atoms with E-state index in [-0.39, 0.29) is 5.63 Å². The van der Waals surface area contributed by atoms with E-state index >= 15 is 0 Å². The Morgan fingerprint density at radius 2 is 2.00 bits per heavy atom. The lowest BCUT2D eigenvalue weighted by Crippen LogP contribution is -2.04. The molecule has 0 spiro atoms. The maximum atomic E-state index is 11.7. The van der Waals surface area contributed by atoms with Crippen molar-refractivity contribution in [3.8, 4) is 0 Å². The summed E-state index contributed by atoms with van der Waals surface area (Å²) in [6.07, 6.45) is 1.52. The molecule has 0 unspecified atom stereocenters. The van der Waals surface area contributed by atoms with Crippen molar-refractivity contribution in [1.82, 2.24) is 9.97 Å². The number of benzene rings is 1. The molecule has 0 amide bonds. The van der Waals surface area contributed by atoms with Gasteiger partial charge in [-0.1, -0.05) is 11.6 Å². The van der Waals surface area contributed by atoms with Gasteiger partial charge in [-0.25, -0.2) is 9.78 Å². The van der Waals surface area contributed by atoms with Gasteiger partial charge in [0.15, 0.2) is 5.89 Å². The summed E-state index contributed by atoms with van der Waals surface area (Å²) in [6.45, 7) is 3.67. The van der Waals surface area contributed by atoms with Crippen LogP contribution >= 0.6 is 0 Å². The van der Waals surface area contributed by atoms with Crippen LogP contribution < -0.4 is 5.63 Å². The number of rotatable bonds is 0. The number of hydrogen-bond donors (Lipinski definition) is 0. The number of aromatic nitrogens is 2. The summed E-state index contributed by atoms with van der Waals surface area (Å²) >= 11 is 0. The fraction of sp³-hybridized carbons (Fsp3) is 0.154. The van der Waals surface area contributed by atoms with Gasteiger partial charge in [-0.2, -0.15) is 0 Å². The molecular weight excluding hydrogens is 216 g/mol. The molecule has 0 radical (unpaired) electrons. The molecule has 4 heteroatoms. The molecule has 0 aliphatic rings. The molecule has 84 valence electrons. The van der Waals surface area contributed by atoms with E-state index < -0.39 is 0 Å². The minimum absolute atomic E-state index is 0.372. The van der Waals surface area contributed by atoms with E-state index in [2.05, 4.69) is 9.97 Å². The molecule has 2 heterocycles. The maximum Gasteiger partial charge on any atom is 0.348 e. The Bertz CT molecular complexity index is 790. The van der Waals surface area contributed by atoms with Crippen molar-refractivity contribution in [2.75, 3.05) is 0 Å². The van der Waals surface area contributed by atoms with E-state index in [4.69, 9.17) is 4.42 Å². The predicted octanol–water partition coefficient (Wildman–Crippen LogP) is 2.35. The van der Waals surface area contributed by atoms with Crippen molar-refractivity contribution in [2.24, 2.45) is 0 Å². The van der Waals surface area contributed by atoms with Crippen LogP contribution in [0.3, 0.4) is 0 Å². The first kappa shape index (κ1) is 9.96. The highest BCUT2D eigenvalue weighted by molar-refractivity contribution is 6.02. The SMILES string of the molecule is Cc1ccc2ncc3c(=O)oc(C)nc3c2c1. The lowest BCUT2D eigenvalue weighted by Gasteiger charge is -2.03. The van der Waals surface area contributed by atoms with Gasteiger partial charge in [-0.05, 0) is 19.1 Å². The van der Waals surface area contributed by atoms with Crippen LogP contribution in [0.25, 0.3) is 21.8 Å². The number of aryl methyl sites for hydroxylation is 2. The minimum atomic E-state index is -0.386. The molecule has 0 bridgehead atoms.